The topological polar surface area (TPSA) is 66.8 Å². The number of carbonyl (C=O) groups is 2. The van der Waals surface area contributed by atoms with Gasteiger partial charge in [0.2, 0.25) is 0 Å². The van der Waals surface area contributed by atoms with Crippen LogP contribution in [0, 0.1) is 6.92 Å². The first-order valence-electron chi connectivity index (χ1n) is 6.75. The van der Waals surface area contributed by atoms with Crippen LogP contribution in [0.4, 0.5) is 0 Å². The summed E-state index contributed by atoms with van der Waals surface area (Å²) in [5, 5.41) is 9.07. The van der Waals surface area contributed by atoms with Gasteiger partial charge in [-0.3, -0.25) is 4.79 Å². The van der Waals surface area contributed by atoms with Gasteiger partial charge in [0.1, 0.15) is 5.75 Å². The Kier molecular flexibility index (Phi) is 4.65. The molecule has 110 valence electrons. The lowest BCUT2D eigenvalue weighted by Gasteiger charge is -2.33. The van der Waals surface area contributed by atoms with E-state index in [-0.39, 0.29) is 29.2 Å². The van der Waals surface area contributed by atoms with Crippen LogP contribution in [0.3, 0.4) is 0 Å². The molecule has 1 aliphatic heterocycles. The zero-order chi connectivity index (χ0) is 14.7. The zero-order valence-electron chi connectivity index (χ0n) is 11.7. The number of nitrogens with zero attached hydrogens (tertiary/aromatic N) is 1. The van der Waals surface area contributed by atoms with E-state index >= 15 is 0 Å². The van der Waals surface area contributed by atoms with E-state index in [4.69, 9.17) is 9.84 Å². The summed E-state index contributed by atoms with van der Waals surface area (Å²) in [6.07, 6.45) is 3.19. The van der Waals surface area contributed by atoms with Crippen molar-refractivity contribution in [3.63, 3.8) is 0 Å². The maximum Gasteiger partial charge on any atom is 0.349 e. The Morgan fingerprint density at radius 2 is 2.25 bits per heavy atom. The van der Waals surface area contributed by atoms with Crippen LogP contribution in [-0.4, -0.2) is 41.1 Å². The summed E-state index contributed by atoms with van der Waals surface area (Å²) in [7, 11) is 0. The lowest BCUT2D eigenvalue weighted by atomic mass is 10.0. The molecule has 5 nitrogen and oxygen atoms in total. The van der Waals surface area contributed by atoms with Crippen LogP contribution in [0.15, 0.2) is 6.07 Å². The van der Waals surface area contributed by atoms with Crippen molar-refractivity contribution in [3.05, 3.63) is 15.8 Å². The average Bonchev–Trinajstić information content (AvgIpc) is 2.78. The van der Waals surface area contributed by atoms with E-state index in [0.717, 1.165) is 42.0 Å². The van der Waals surface area contributed by atoms with Crippen LogP contribution in [0.2, 0.25) is 0 Å². The summed E-state index contributed by atoms with van der Waals surface area (Å²) < 4.78 is 5.42. The second kappa shape index (κ2) is 6.26. The van der Waals surface area contributed by atoms with E-state index in [1.807, 2.05) is 18.7 Å². The number of hydrogen-bond acceptors (Lipinski definition) is 4. The van der Waals surface area contributed by atoms with Crippen LogP contribution in [0.1, 0.15) is 40.7 Å². The Balaban J connectivity index is 1.98. The number of amides is 1. The van der Waals surface area contributed by atoms with Gasteiger partial charge >= 0.3 is 5.97 Å². The van der Waals surface area contributed by atoms with E-state index in [1.165, 1.54) is 0 Å². The molecule has 20 heavy (non-hydrogen) atoms. The highest BCUT2D eigenvalue weighted by Crippen LogP contribution is 2.29. The predicted octanol–water partition coefficient (Wildman–Crippen LogP) is 2.53. The highest BCUT2D eigenvalue weighted by molar-refractivity contribution is 7.14. The molecule has 2 heterocycles. The molecule has 1 aliphatic rings. The van der Waals surface area contributed by atoms with Crippen molar-refractivity contribution in [2.24, 2.45) is 0 Å². The van der Waals surface area contributed by atoms with Crippen LogP contribution in [0.25, 0.3) is 0 Å². The van der Waals surface area contributed by atoms with E-state index in [2.05, 4.69) is 0 Å². The number of piperidine rings is 1. The molecule has 0 saturated carbocycles. The third-order valence-electron chi connectivity index (χ3n) is 3.49. The molecule has 1 fully saturated rings. The zero-order valence-corrected chi connectivity index (χ0v) is 12.5. The summed E-state index contributed by atoms with van der Waals surface area (Å²) in [5.74, 6) is -0.799. The molecule has 2 rings (SSSR count). The first-order valence-corrected chi connectivity index (χ1v) is 7.56. The number of aromatic carboxylic acids is 1. The third kappa shape index (κ3) is 3.30. The van der Waals surface area contributed by atoms with Gasteiger partial charge in [0.25, 0.3) is 5.91 Å². The Bertz CT molecular complexity index is 511. The van der Waals surface area contributed by atoms with E-state index in [0.29, 0.717) is 0 Å². The summed E-state index contributed by atoms with van der Waals surface area (Å²) in [6.45, 7) is 4.52. The Hall–Kier alpha value is -1.56. The highest BCUT2D eigenvalue weighted by atomic mass is 32.1. The van der Waals surface area contributed by atoms with Crippen LogP contribution >= 0.6 is 11.3 Å². The lowest BCUT2D eigenvalue weighted by molar-refractivity contribution is -0.136. The predicted molar refractivity (Wildman–Crippen MR) is 76.5 cm³/mol. The monoisotopic (exact) mass is 297 g/mol. The standard InChI is InChI=1S/C14H19NO4S/c1-9-5-3-4-6-15(9)12(16)8-19-11-7-10(2)20-13(11)14(17)18/h7,9H,3-6,8H2,1-2H3,(H,17,18). The Labute approximate surface area is 122 Å². The maximum absolute atomic E-state index is 12.1. The van der Waals surface area contributed by atoms with Gasteiger partial charge in [-0.1, -0.05) is 0 Å². The molecule has 0 aromatic carbocycles. The summed E-state index contributed by atoms with van der Waals surface area (Å²) >= 11 is 1.16. The summed E-state index contributed by atoms with van der Waals surface area (Å²) in [5.41, 5.74) is 0. The van der Waals surface area contributed by atoms with Crippen molar-refractivity contribution in [2.45, 2.75) is 39.2 Å². The minimum Gasteiger partial charge on any atom is -0.482 e. The Morgan fingerprint density at radius 1 is 1.50 bits per heavy atom. The van der Waals surface area contributed by atoms with Gasteiger partial charge in [0, 0.05) is 17.5 Å². The third-order valence-corrected chi connectivity index (χ3v) is 4.51. The lowest BCUT2D eigenvalue weighted by Crippen LogP contribution is -2.44. The molecule has 1 saturated heterocycles. The number of carbonyl (C=O) groups excluding carboxylic acids is 1. The molecule has 0 bridgehead atoms. The van der Waals surface area contributed by atoms with Gasteiger partial charge in [-0.15, -0.1) is 11.3 Å². The van der Waals surface area contributed by atoms with Gasteiger partial charge in [0.15, 0.2) is 11.5 Å². The normalized spacial score (nSPS) is 18.9. The number of ether oxygens (including phenoxy) is 1. The number of thiophene rings is 1. The van der Waals surface area contributed by atoms with E-state index in [1.54, 1.807) is 6.07 Å². The van der Waals surface area contributed by atoms with Gasteiger partial charge in [-0.2, -0.15) is 0 Å². The van der Waals surface area contributed by atoms with E-state index < -0.39 is 5.97 Å². The van der Waals surface area contributed by atoms with Crippen molar-refractivity contribution in [2.75, 3.05) is 13.2 Å². The van der Waals surface area contributed by atoms with Crippen molar-refractivity contribution >= 4 is 23.2 Å². The van der Waals surface area contributed by atoms with Crippen molar-refractivity contribution in [1.29, 1.82) is 0 Å². The minimum absolute atomic E-state index is 0.0719. The molecule has 0 aliphatic carbocycles. The number of aryl methyl sites for hydroxylation is 1. The highest BCUT2D eigenvalue weighted by Gasteiger charge is 2.24. The van der Waals surface area contributed by atoms with Gasteiger partial charge in [-0.05, 0) is 39.2 Å². The smallest absolute Gasteiger partial charge is 0.349 e. The molecular formula is C14H19NO4S. The number of carboxylic acid groups (broad SMARTS) is 1. The molecule has 1 atom stereocenters. The Morgan fingerprint density at radius 3 is 2.90 bits per heavy atom. The second-order valence-corrected chi connectivity index (χ2v) is 6.33. The van der Waals surface area contributed by atoms with Crippen LogP contribution in [-0.2, 0) is 4.79 Å². The number of carboxylic acids is 1. The fraction of sp³-hybridized carbons (Fsp3) is 0.571. The van der Waals surface area contributed by atoms with Crippen molar-refractivity contribution < 1.29 is 19.4 Å². The van der Waals surface area contributed by atoms with Crippen LogP contribution < -0.4 is 4.74 Å². The van der Waals surface area contributed by atoms with Gasteiger partial charge in [-0.25, -0.2) is 4.79 Å². The molecule has 6 heteroatoms. The SMILES string of the molecule is Cc1cc(OCC(=O)N2CCCCC2C)c(C(=O)O)s1. The molecule has 0 spiro atoms. The fourth-order valence-corrected chi connectivity index (χ4v) is 3.23. The van der Waals surface area contributed by atoms with Crippen molar-refractivity contribution in [1.82, 2.24) is 4.90 Å². The van der Waals surface area contributed by atoms with Gasteiger partial charge in [0.05, 0.1) is 0 Å². The molecule has 1 aromatic rings. The molecule has 0 radical (unpaired) electrons. The first kappa shape index (κ1) is 14.8. The molecule has 1 N–H and O–H groups in total. The average molecular weight is 297 g/mol. The van der Waals surface area contributed by atoms with Crippen molar-refractivity contribution in [3.8, 4) is 5.75 Å². The largest absolute Gasteiger partial charge is 0.482 e. The quantitative estimate of drug-likeness (QED) is 0.927. The first-order chi connectivity index (χ1) is 9.49. The number of likely N-dealkylation sites (tertiary alicyclic amines) is 1. The van der Waals surface area contributed by atoms with Crippen LogP contribution in [0.5, 0.6) is 5.75 Å². The maximum atomic E-state index is 12.1. The van der Waals surface area contributed by atoms with E-state index in [9.17, 15) is 9.59 Å². The fourth-order valence-electron chi connectivity index (χ4n) is 2.44. The number of hydrogen-bond donors (Lipinski definition) is 1. The molecule has 1 aromatic heterocycles. The minimum atomic E-state index is -1.02. The number of rotatable bonds is 4. The summed E-state index contributed by atoms with van der Waals surface area (Å²) in [4.78, 5) is 26.0. The van der Waals surface area contributed by atoms with Gasteiger partial charge < -0.3 is 14.7 Å². The molecule has 1 amide bonds. The molecule has 1 unspecified atom stereocenters. The summed E-state index contributed by atoms with van der Waals surface area (Å²) in [6, 6.07) is 1.91. The second-order valence-electron chi connectivity index (χ2n) is 5.08. The molecular weight excluding hydrogens is 278 g/mol.